The molecule has 0 amide bonds. The van der Waals surface area contributed by atoms with E-state index in [4.69, 9.17) is 5.73 Å². The summed E-state index contributed by atoms with van der Waals surface area (Å²) in [5, 5.41) is 23.3. The number of aromatic nitrogens is 2. The van der Waals surface area contributed by atoms with E-state index in [2.05, 4.69) is 15.3 Å². The van der Waals surface area contributed by atoms with Gasteiger partial charge in [-0.05, 0) is 37.6 Å². The molecule has 1 aliphatic heterocycles. The van der Waals surface area contributed by atoms with Crippen LogP contribution in [0.15, 0.2) is 24.3 Å². The van der Waals surface area contributed by atoms with Crippen molar-refractivity contribution < 1.29 is 10.2 Å². The second-order valence-electron chi connectivity index (χ2n) is 5.25. The normalized spacial score (nSPS) is 17.7. The van der Waals surface area contributed by atoms with Crippen molar-refractivity contribution in [3.05, 3.63) is 30.0 Å². The summed E-state index contributed by atoms with van der Waals surface area (Å²) in [6.07, 6.45) is 2.13. The van der Waals surface area contributed by atoms with Gasteiger partial charge in [0.05, 0.1) is 17.0 Å². The zero-order valence-electron chi connectivity index (χ0n) is 12.0. The topological polar surface area (TPSA) is 104 Å². The predicted molar refractivity (Wildman–Crippen MR) is 87.3 cm³/mol. The Morgan fingerprint density at radius 3 is 2.55 bits per heavy atom. The minimum absolute atomic E-state index is 0. The maximum Gasteiger partial charge on any atom is 0.220 e. The Balaban J connectivity index is 0.00000176. The molecule has 22 heavy (non-hydrogen) atoms. The van der Waals surface area contributed by atoms with Crippen molar-refractivity contribution in [2.45, 2.75) is 18.8 Å². The van der Waals surface area contributed by atoms with Crippen LogP contribution in [0.1, 0.15) is 24.5 Å². The molecule has 0 bridgehead atoms. The van der Waals surface area contributed by atoms with Gasteiger partial charge in [0, 0.05) is 12.5 Å². The molecule has 1 aromatic heterocycles. The number of nitrogen functional groups attached to an aromatic ring is 1. The molecule has 1 aliphatic rings. The van der Waals surface area contributed by atoms with Crippen LogP contribution in [0.2, 0.25) is 0 Å². The smallest absolute Gasteiger partial charge is 0.220 e. The number of rotatable bonds is 2. The van der Waals surface area contributed by atoms with Crippen LogP contribution in [0, 0.1) is 0 Å². The number of phenolic OH excluding ortho intramolecular Hbond substituents is 2. The molecule has 3 rings (SSSR count). The lowest BCUT2D eigenvalue weighted by Gasteiger charge is -2.22. The van der Waals surface area contributed by atoms with Crippen LogP contribution in [-0.2, 0) is 0 Å². The standard InChI is InChI=1S/C15H18N4O2.ClH/c16-15-18-10(9-3-2-6-17-8-9)7-11(19-15)14-12(20)4-1-5-13(14)21;/h1,4-5,7,9,17,20-21H,2-3,6,8H2,(H2,16,18,19);1H. The first-order valence-electron chi connectivity index (χ1n) is 7.01. The van der Waals surface area contributed by atoms with E-state index in [0.29, 0.717) is 5.69 Å². The molecule has 0 saturated carbocycles. The molecular weight excluding hydrogens is 304 g/mol. The van der Waals surface area contributed by atoms with E-state index in [1.54, 1.807) is 12.1 Å². The van der Waals surface area contributed by atoms with Crippen molar-refractivity contribution >= 4 is 18.4 Å². The van der Waals surface area contributed by atoms with Crippen LogP contribution in [0.4, 0.5) is 5.95 Å². The monoisotopic (exact) mass is 322 g/mol. The molecule has 2 heterocycles. The molecule has 1 aromatic carbocycles. The maximum absolute atomic E-state index is 9.96. The first-order valence-corrected chi connectivity index (χ1v) is 7.01. The van der Waals surface area contributed by atoms with Crippen LogP contribution >= 0.6 is 12.4 Å². The van der Waals surface area contributed by atoms with E-state index in [1.807, 2.05) is 0 Å². The summed E-state index contributed by atoms with van der Waals surface area (Å²) in [4.78, 5) is 8.45. The summed E-state index contributed by atoms with van der Waals surface area (Å²) in [5.41, 5.74) is 7.37. The van der Waals surface area contributed by atoms with Gasteiger partial charge < -0.3 is 21.3 Å². The number of benzene rings is 1. The molecule has 1 unspecified atom stereocenters. The molecule has 1 fully saturated rings. The Morgan fingerprint density at radius 2 is 1.91 bits per heavy atom. The number of nitrogens with one attached hydrogen (secondary N) is 1. The number of hydrogen-bond donors (Lipinski definition) is 4. The van der Waals surface area contributed by atoms with Gasteiger partial charge >= 0.3 is 0 Å². The number of phenols is 2. The van der Waals surface area contributed by atoms with Gasteiger partial charge in [0.2, 0.25) is 5.95 Å². The van der Waals surface area contributed by atoms with Crippen molar-refractivity contribution in [1.82, 2.24) is 15.3 Å². The van der Waals surface area contributed by atoms with Crippen LogP contribution in [-0.4, -0.2) is 33.3 Å². The van der Waals surface area contributed by atoms with Crippen molar-refractivity contribution in [2.24, 2.45) is 0 Å². The third kappa shape index (κ3) is 3.23. The van der Waals surface area contributed by atoms with Gasteiger partial charge in [-0.3, -0.25) is 0 Å². The molecule has 0 radical (unpaired) electrons. The van der Waals surface area contributed by atoms with E-state index in [0.717, 1.165) is 31.6 Å². The molecule has 0 aliphatic carbocycles. The highest BCUT2D eigenvalue weighted by Gasteiger charge is 2.20. The maximum atomic E-state index is 9.96. The second-order valence-corrected chi connectivity index (χ2v) is 5.25. The molecule has 0 spiro atoms. The summed E-state index contributed by atoms with van der Waals surface area (Å²) in [7, 11) is 0. The van der Waals surface area contributed by atoms with Gasteiger partial charge in [-0.15, -0.1) is 12.4 Å². The Morgan fingerprint density at radius 1 is 1.18 bits per heavy atom. The van der Waals surface area contributed by atoms with E-state index in [1.165, 1.54) is 12.1 Å². The second kappa shape index (κ2) is 6.81. The zero-order chi connectivity index (χ0) is 14.8. The number of hydrogen-bond acceptors (Lipinski definition) is 6. The van der Waals surface area contributed by atoms with Crippen LogP contribution in [0.25, 0.3) is 11.3 Å². The molecule has 7 heteroatoms. The molecule has 5 N–H and O–H groups in total. The molecule has 1 atom stereocenters. The van der Waals surface area contributed by atoms with E-state index in [9.17, 15) is 10.2 Å². The average molecular weight is 323 g/mol. The number of anilines is 1. The Labute approximate surface area is 134 Å². The molecule has 1 saturated heterocycles. The number of aromatic hydroxyl groups is 2. The Bertz CT molecular complexity index is 640. The SMILES string of the molecule is Cl.Nc1nc(-c2c(O)cccc2O)cc(C2CCCNC2)n1. The molecule has 118 valence electrons. The van der Waals surface area contributed by atoms with Crippen LogP contribution in [0.5, 0.6) is 11.5 Å². The summed E-state index contributed by atoms with van der Waals surface area (Å²) in [5.74, 6) is 0.369. The molecule has 6 nitrogen and oxygen atoms in total. The lowest BCUT2D eigenvalue weighted by atomic mass is 9.95. The first kappa shape index (κ1) is 16.3. The van der Waals surface area contributed by atoms with Gasteiger partial charge in [0.25, 0.3) is 0 Å². The summed E-state index contributed by atoms with van der Waals surface area (Å²) < 4.78 is 0. The minimum Gasteiger partial charge on any atom is -0.507 e. The number of halogens is 1. The minimum atomic E-state index is -0.0270. The largest absolute Gasteiger partial charge is 0.507 e. The zero-order valence-corrected chi connectivity index (χ0v) is 12.8. The molecule has 2 aromatic rings. The quantitative estimate of drug-likeness (QED) is 0.674. The van der Waals surface area contributed by atoms with Gasteiger partial charge in [-0.2, -0.15) is 0 Å². The lowest BCUT2D eigenvalue weighted by Crippen LogP contribution is -2.29. The highest BCUT2D eigenvalue weighted by molar-refractivity contribution is 5.85. The van der Waals surface area contributed by atoms with Crippen molar-refractivity contribution in [1.29, 1.82) is 0 Å². The van der Waals surface area contributed by atoms with E-state index in [-0.39, 0.29) is 41.3 Å². The predicted octanol–water partition coefficient (Wildman–Crippen LogP) is 2.03. The number of nitrogens with zero attached hydrogens (tertiary/aromatic N) is 2. The van der Waals surface area contributed by atoms with Gasteiger partial charge in [-0.25, -0.2) is 9.97 Å². The third-order valence-electron chi connectivity index (χ3n) is 3.76. The van der Waals surface area contributed by atoms with Crippen LogP contribution in [0.3, 0.4) is 0 Å². The number of nitrogens with two attached hydrogens (primary N) is 1. The molecular formula is C15H19ClN4O2. The summed E-state index contributed by atoms with van der Waals surface area (Å²) in [6, 6.07) is 6.39. The lowest BCUT2D eigenvalue weighted by molar-refractivity contribution is 0.452. The van der Waals surface area contributed by atoms with Crippen molar-refractivity contribution in [3.63, 3.8) is 0 Å². The summed E-state index contributed by atoms with van der Waals surface area (Å²) in [6.45, 7) is 1.87. The highest BCUT2D eigenvalue weighted by Crippen LogP contribution is 2.37. The fourth-order valence-electron chi connectivity index (χ4n) is 2.72. The fraction of sp³-hybridized carbons (Fsp3) is 0.333. The van der Waals surface area contributed by atoms with E-state index < -0.39 is 0 Å². The Hall–Kier alpha value is -2.05. The third-order valence-corrected chi connectivity index (χ3v) is 3.76. The first-order chi connectivity index (χ1) is 10.1. The van der Waals surface area contributed by atoms with Gasteiger partial charge in [0.15, 0.2) is 0 Å². The number of piperidine rings is 1. The van der Waals surface area contributed by atoms with Gasteiger partial charge in [-0.1, -0.05) is 6.07 Å². The summed E-state index contributed by atoms with van der Waals surface area (Å²) >= 11 is 0. The highest BCUT2D eigenvalue weighted by atomic mass is 35.5. The van der Waals surface area contributed by atoms with Crippen molar-refractivity contribution in [3.8, 4) is 22.8 Å². The Kier molecular flexibility index (Phi) is 5.05. The van der Waals surface area contributed by atoms with E-state index >= 15 is 0 Å². The van der Waals surface area contributed by atoms with Crippen molar-refractivity contribution in [2.75, 3.05) is 18.8 Å². The average Bonchev–Trinajstić information content (AvgIpc) is 2.47. The van der Waals surface area contributed by atoms with Gasteiger partial charge in [0.1, 0.15) is 11.5 Å². The fourth-order valence-corrected chi connectivity index (χ4v) is 2.72. The van der Waals surface area contributed by atoms with Crippen LogP contribution < -0.4 is 11.1 Å².